The molecule has 0 bridgehead atoms. The van der Waals surface area contributed by atoms with E-state index in [9.17, 15) is 0 Å². The van der Waals surface area contributed by atoms with Crippen molar-refractivity contribution in [3.05, 3.63) is 66.0 Å². The first kappa shape index (κ1) is 10.2. The molecule has 0 amide bonds. The summed E-state index contributed by atoms with van der Waals surface area (Å²) in [5, 5.41) is 0. The predicted octanol–water partition coefficient (Wildman–Crippen LogP) is 2.78. The maximum absolute atomic E-state index is 2.38. The minimum absolute atomic E-state index is 1.06. The molecule has 0 aromatic heterocycles. The number of anilines is 1. The van der Waals surface area contributed by atoms with Crippen molar-refractivity contribution in [3.63, 3.8) is 0 Å². The molecule has 86 valence electrons. The third-order valence-corrected chi connectivity index (χ3v) is 3.27. The molecule has 17 heavy (non-hydrogen) atoms. The molecule has 3 rings (SSSR count). The lowest BCUT2D eigenvalue weighted by atomic mass is 10.2. The zero-order valence-corrected chi connectivity index (χ0v) is 10.0. The monoisotopic (exact) mass is 224 g/mol. The van der Waals surface area contributed by atoms with Gasteiger partial charge in [0, 0.05) is 31.4 Å². The quantitative estimate of drug-likeness (QED) is 0.723. The molecule has 0 N–H and O–H groups in total. The fourth-order valence-corrected chi connectivity index (χ4v) is 2.43. The molecule has 0 unspecified atom stereocenters. The largest absolute Gasteiger partial charge is 0.359 e. The number of likely N-dealkylation sites (N-methyl/N-ethyl adjacent to an activating group) is 1. The summed E-state index contributed by atoms with van der Waals surface area (Å²) in [6.45, 7) is 2.14. The van der Waals surface area contributed by atoms with Crippen LogP contribution >= 0.6 is 0 Å². The molecule has 2 nitrogen and oxygen atoms in total. The number of hydrogen-bond donors (Lipinski definition) is 0. The Morgan fingerprint density at radius 1 is 0.941 bits per heavy atom. The molecule has 1 aliphatic heterocycles. The number of allylic oxidation sites excluding steroid dienone is 5. The van der Waals surface area contributed by atoms with Crippen molar-refractivity contribution in [2.75, 3.05) is 25.0 Å². The standard InChI is InChI=1S/C15H16N2/c1-16-11-12-17(14-9-3-2-4-10-14)15(16)13-7-5-6-8-13/h2-10H,11-12H2,1H3. The van der Waals surface area contributed by atoms with Crippen LogP contribution in [0.5, 0.6) is 0 Å². The maximum Gasteiger partial charge on any atom is 0.116 e. The summed E-state index contributed by atoms with van der Waals surface area (Å²) in [6, 6.07) is 10.6. The predicted molar refractivity (Wildman–Crippen MR) is 71.7 cm³/mol. The van der Waals surface area contributed by atoms with E-state index in [2.05, 4.69) is 71.5 Å². The fourth-order valence-electron chi connectivity index (χ4n) is 2.43. The molecule has 1 heterocycles. The van der Waals surface area contributed by atoms with Crippen LogP contribution < -0.4 is 4.90 Å². The summed E-state index contributed by atoms with van der Waals surface area (Å²) in [7, 11) is 2.16. The van der Waals surface area contributed by atoms with Gasteiger partial charge in [-0.15, -0.1) is 0 Å². The first-order chi connectivity index (χ1) is 8.36. The van der Waals surface area contributed by atoms with Crippen LogP contribution in [-0.4, -0.2) is 25.0 Å². The summed E-state index contributed by atoms with van der Waals surface area (Å²) in [5.74, 6) is 1.31. The minimum Gasteiger partial charge on any atom is -0.359 e. The van der Waals surface area contributed by atoms with Crippen molar-refractivity contribution < 1.29 is 0 Å². The van der Waals surface area contributed by atoms with Crippen molar-refractivity contribution >= 4 is 5.69 Å². The van der Waals surface area contributed by atoms with Crippen molar-refractivity contribution in [1.29, 1.82) is 0 Å². The highest BCUT2D eigenvalue weighted by Crippen LogP contribution is 2.29. The Balaban J connectivity index is 2.03. The van der Waals surface area contributed by atoms with Crippen LogP contribution in [0.4, 0.5) is 5.69 Å². The van der Waals surface area contributed by atoms with Crippen molar-refractivity contribution in [2.24, 2.45) is 0 Å². The van der Waals surface area contributed by atoms with Crippen LogP contribution in [0, 0.1) is 0 Å². The summed E-state index contributed by atoms with van der Waals surface area (Å²) in [5.41, 5.74) is 2.57. The summed E-state index contributed by atoms with van der Waals surface area (Å²) >= 11 is 0. The lowest BCUT2D eigenvalue weighted by Crippen LogP contribution is -2.21. The highest BCUT2D eigenvalue weighted by molar-refractivity contribution is 5.58. The Morgan fingerprint density at radius 3 is 2.35 bits per heavy atom. The van der Waals surface area contributed by atoms with Gasteiger partial charge in [0.25, 0.3) is 0 Å². The topological polar surface area (TPSA) is 6.48 Å². The van der Waals surface area contributed by atoms with Crippen LogP contribution in [-0.2, 0) is 0 Å². The second kappa shape index (κ2) is 4.13. The Hall–Kier alpha value is -1.96. The average molecular weight is 224 g/mol. The fraction of sp³-hybridized carbons (Fsp3) is 0.200. The molecule has 0 atom stereocenters. The smallest absolute Gasteiger partial charge is 0.116 e. The second-order valence-corrected chi connectivity index (χ2v) is 4.41. The molecule has 2 heteroatoms. The van der Waals surface area contributed by atoms with Gasteiger partial charge in [-0.25, -0.2) is 0 Å². The van der Waals surface area contributed by atoms with E-state index in [4.69, 9.17) is 0 Å². The van der Waals surface area contributed by atoms with Gasteiger partial charge in [0.2, 0.25) is 0 Å². The third-order valence-electron chi connectivity index (χ3n) is 3.27. The molecular weight excluding hydrogens is 208 g/mol. The summed E-state index contributed by atoms with van der Waals surface area (Å²) < 4.78 is 0. The number of benzene rings is 1. The lowest BCUT2D eigenvalue weighted by molar-refractivity contribution is 0.485. The zero-order valence-electron chi connectivity index (χ0n) is 10.0. The van der Waals surface area contributed by atoms with E-state index in [1.54, 1.807) is 0 Å². The Morgan fingerprint density at radius 2 is 1.65 bits per heavy atom. The maximum atomic E-state index is 2.38. The van der Waals surface area contributed by atoms with Crippen molar-refractivity contribution in [1.82, 2.24) is 4.90 Å². The Labute approximate surface area is 102 Å². The summed E-state index contributed by atoms with van der Waals surface area (Å²) in [4.78, 5) is 4.71. The van der Waals surface area contributed by atoms with Gasteiger partial charge >= 0.3 is 0 Å². The first-order valence-electron chi connectivity index (χ1n) is 5.99. The molecule has 1 aromatic carbocycles. The lowest BCUT2D eigenvalue weighted by Gasteiger charge is -2.23. The van der Waals surface area contributed by atoms with E-state index in [1.807, 2.05) is 0 Å². The molecule has 0 saturated carbocycles. The molecule has 1 aliphatic carbocycles. The van der Waals surface area contributed by atoms with E-state index < -0.39 is 0 Å². The molecule has 2 aliphatic rings. The van der Waals surface area contributed by atoms with E-state index >= 15 is 0 Å². The van der Waals surface area contributed by atoms with Gasteiger partial charge in [-0.05, 0) is 12.1 Å². The average Bonchev–Trinajstić information content (AvgIpc) is 2.99. The number of rotatable bonds is 1. The van der Waals surface area contributed by atoms with E-state index in [-0.39, 0.29) is 0 Å². The molecule has 0 radical (unpaired) electrons. The number of para-hydroxylation sites is 1. The van der Waals surface area contributed by atoms with E-state index in [0.717, 1.165) is 13.1 Å². The van der Waals surface area contributed by atoms with Crippen LogP contribution in [0.25, 0.3) is 0 Å². The van der Waals surface area contributed by atoms with Crippen LogP contribution in [0.2, 0.25) is 0 Å². The van der Waals surface area contributed by atoms with Gasteiger partial charge in [0.1, 0.15) is 5.82 Å². The normalized spacial score (nSPS) is 18.6. The number of hydrogen-bond acceptors (Lipinski definition) is 2. The molecule has 1 aromatic rings. The molecule has 1 fully saturated rings. The van der Waals surface area contributed by atoms with Gasteiger partial charge < -0.3 is 9.80 Å². The molecule has 0 spiro atoms. The van der Waals surface area contributed by atoms with Gasteiger partial charge in [-0.1, -0.05) is 42.5 Å². The van der Waals surface area contributed by atoms with E-state index in [0.29, 0.717) is 0 Å². The first-order valence-corrected chi connectivity index (χ1v) is 5.99. The van der Waals surface area contributed by atoms with Crippen molar-refractivity contribution in [2.45, 2.75) is 0 Å². The SMILES string of the molecule is CN1CCN(c2ccccc2)C1=C1C=CC=C1. The van der Waals surface area contributed by atoms with Gasteiger partial charge in [0.05, 0.1) is 0 Å². The third kappa shape index (κ3) is 1.76. The summed E-state index contributed by atoms with van der Waals surface area (Å²) in [6.07, 6.45) is 8.54. The highest BCUT2D eigenvalue weighted by Gasteiger charge is 2.25. The van der Waals surface area contributed by atoms with Crippen molar-refractivity contribution in [3.8, 4) is 0 Å². The van der Waals surface area contributed by atoms with Crippen LogP contribution in [0.3, 0.4) is 0 Å². The second-order valence-electron chi connectivity index (χ2n) is 4.41. The minimum atomic E-state index is 1.06. The van der Waals surface area contributed by atoms with Crippen LogP contribution in [0.15, 0.2) is 66.0 Å². The van der Waals surface area contributed by atoms with Gasteiger partial charge in [-0.3, -0.25) is 0 Å². The van der Waals surface area contributed by atoms with Crippen LogP contribution in [0.1, 0.15) is 0 Å². The van der Waals surface area contributed by atoms with Gasteiger partial charge in [-0.2, -0.15) is 0 Å². The molecule has 1 saturated heterocycles. The molecular formula is C15H16N2. The number of nitrogens with zero attached hydrogens (tertiary/aromatic N) is 2. The zero-order chi connectivity index (χ0) is 11.7. The highest BCUT2D eigenvalue weighted by atomic mass is 15.4. The Kier molecular flexibility index (Phi) is 2.48. The van der Waals surface area contributed by atoms with E-state index in [1.165, 1.54) is 17.1 Å². The van der Waals surface area contributed by atoms with Gasteiger partial charge in [0.15, 0.2) is 0 Å². The Bertz CT molecular complexity index is 483.